The topological polar surface area (TPSA) is 31.9 Å². The second-order valence-corrected chi connectivity index (χ2v) is 4.60. The van der Waals surface area contributed by atoms with Crippen LogP contribution in [0.4, 0.5) is 0 Å². The molecule has 1 aliphatic rings. The van der Waals surface area contributed by atoms with Gasteiger partial charge in [0.15, 0.2) is 0 Å². The Morgan fingerprint density at radius 3 is 2.73 bits per heavy atom. The number of nitrogens with zero attached hydrogens (tertiary/aromatic N) is 2. The van der Waals surface area contributed by atoms with E-state index in [1.165, 1.54) is 38.0 Å². The summed E-state index contributed by atoms with van der Waals surface area (Å²) >= 11 is 0. The number of aryl methyl sites for hydroxylation is 1. The van der Waals surface area contributed by atoms with E-state index in [2.05, 4.69) is 21.8 Å². The normalized spacial score (nSPS) is 19.6. The first-order valence-electron chi connectivity index (χ1n) is 6.01. The molecule has 1 aromatic heterocycles. The Kier molecular flexibility index (Phi) is 3.41. The third-order valence-electron chi connectivity index (χ3n) is 3.43. The minimum atomic E-state index is 0.960. The molecule has 0 spiro atoms. The lowest BCUT2D eigenvalue weighted by Crippen LogP contribution is -2.33. The molecule has 1 fully saturated rings. The number of likely N-dealkylation sites (tertiary alicyclic amines) is 1. The van der Waals surface area contributed by atoms with Crippen LogP contribution in [0, 0.1) is 12.8 Å². The summed E-state index contributed by atoms with van der Waals surface area (Å²) in [5.41, 5.74) is 1.18. The number of aromatic nitrogens is 2. The van der Waals surface area contributed by atoms with Crippen LogP contribution in [0.5, 0.6) is 0 Å². The number of piperidine rings is 1. The number of aromatic amines is 1. The highest BCUT2D eigenvalue weighted by Crippen LogP contribution is 2.20. The number of H-pyrrole nitrogens is 1. The van der Waals surface area contributed by atoms with E-state index < -0.39 is 0 Å². The second-order valence-electron chi connectivity index (χ2n) is 4.60. The van der Waals surface area contributed by atoms with Crippen molar-refractivity contribution in [2.45, 2.75) is 39.7 Å². The zero-order valence-corrected chi connectivity index (χ0v) is 9.79. The van der Waals surface area contributed by atoms with E-state index in [0.717, 1.165) is 18.3 Å². The maximum atomic E-state index is 4.45. The predicted molar refractivity (Wildman–Crippen MR) is 61.6 cm³/mol. The molecule has 0 radical (unpaired) electrons. The van der Waals surface area contributed by atoms with Crippen LogP contribution in [0.25, 0.3) is 0 Å². The Morgan fingerprint density at radius 2 is 2.20 bits per heavy atom. The van der Waals surface area contributed by atoms with Gasteiger partial charge in [0.05, 0.1) is 5.69 Å². The van der Waals surface area contributed by atoms with Gasteiger partial charge in [-0.15, -0.1) is 0 Å². The lowest BCUT2D eigenvalue weighted by atomic mass is 9.94. The predicted octanol–water partition coefficient (Wildman–Crippen LogP) is 2.34. The van der Waals surface area contributed by atoms with Crippen LogP contribution >= 0.6 is 0 Å². The smallest absolute Gasteiger partial charge is 0.103 e. The Bertz CT molecular complexity index is 298. The van der Waals surface area contributed by atoms with E-state index in [-0.39, 0.29) is 0 Å². The van der Waals surface area contributed by atoms with Gasteiger partial charge >= 0.3 is 0 Å². The van der Waals surface area contributed by atoms with Crippen molar-refractivity contribution in [1.82, 2.24) is 14.9 Å². The van der Waals surface area contributed by atoms with Gasteiger partial charge in [-0.05, 0) is 38.8 Å². The number of nitrogens with one attached hydrogen (secondary N) is 1. The fourth-order valence-corrected chi connectivity index (χ4v) is 2.33. The van der Waals surface area contributed by atoms with E-state index in [1.807, 2.05) is 13.1 Å². The highest BCUT2D eigenvalue weighted by atomic mass is 15.1. The molecule has 0 amide bonds. The van der Waals surface area contributed by atoms with Gasteiger partial charge in [0.25, 0.3) is 0 Å². The van der Waals surface area contributed by atoms with Gasteiger partial charge in [0.2, 0.25) is 0 Å². The summed E-state index contributed by atoms with van der Waals surface area (Å²) in [6.45, 7) is 7.81. The van der Waals surface area contributed by atoms with Crippen LogP contribution in [0.1, 0.15) is 37.7 Å². The molecule has 84 valence electrons. The van der Waals surface area contributed by atoms with Crippen molar-refractivity contribution < 1.29 is 0 Å². The number of hydrogen-bond acceptors (Lipinski definition) is 2. The van der Waals surface area contributed by atoms with Crippen molar-refractivity contribution in [3.8, 4) is 0 Å². The molecule has 0 atom stereocenters. The lowest BCUT2D eigenvalue weighted by molar-refractivity contribution is 0.173. The van der Waals surface area contributed by atoms with Crippen LogP contribution in [0.3, 0.4) is 0 Å². The van der Waals surface area contributed by atoms with E-state index in [9.17, 15) is 0 Å². The Hall–Kier alpha value is -0.830. The van der Waals surface area contributed by atoms with Gasteiger partial charge in [-0.3, -0.25) is 4.90 Å². The zero-order chi connectivity index (χ0) is 10.7. The summed E-state index contributed by atoms with van der Waals surface area (Å²) in [5, 5.41) is 0. The summed E-state index contributed by atoms with van der Waals surface area (Å²) < 4.78 is 0. The third-order valence-corrected chi connectivity index (χ3v) is 3.43. The second kappa shape index (κ2) is 4.79. The monoisotopic (exact) mass is 207 g/mol. The van der Waals surface area contributed by atoms with Crippen molar-refractivity contribution >= 4 is 0 Å². The highest BCUT2D eigenvalue weighted by Gasteiger charge is 2.18. The summed E-state index contributed by atoms with van der Waals surface area (Å²) in [6, 6.07) is 0. The molecule has 2 rings (SSSR count). The first kappa shape index (κ1) is 10.7. The molecule has 0 bridgehead atoms. The first-order valence-corrected chi connectivity index (χ1v) is 6.01. The van der Waals surface area contributed by atoms with Crippen molar-refractivity contribution in [1.29, 1.82) is 0 Å². The highest BCUT2D eigenvalue weighted by molar-refractivity contribution is 4.99. The average molecular weight is 207 g/mol. The fraction of sp³-hybridized carbons (Fsp3) is 0.750. The lowest BCUT2D eigenvalue weighted by Gasteiger charge is -2.30. The number of hydrogen-bond donors (Lipinski definition) is 1. The van der Waals surface area contributed by atoms with Gasteiger partial charge in [0.1, 0.15) is 5.82 Å². The summed E-state index contributed by atoms with van der Waals surface area (Å²) in [7, 11) is 0. The third kappa shape index (κ3) is 2.81. The Morgan fingerprint density at radius 1 is 1.47 bits per heavy atom. The molecule has 1 aliphatic heterocycles. The molecule has 0 unspecified atom stereocenters. The van der Waals surface area contributed by atoms with Crippen LogP contribution in [0.2, 0.25) is 0 Å². The van der Waals surface area contributed by atoms with Gasteiger partial charge in [-0.2, -0.15) is 0 Å². The number of rotatable bonds is 3. The molecule has 1 aromatic rings. The molecule has 15 heavy (non-hydrogen) atoms. The van der Waals surface area contributed by atoms with Crippen molar-refractivity contribution in [3.05, 3.63) is 17.7 Å². The molecule has 1 saturated heterocycles. The molecule has 3 heteroatoms. The Labute approximate surface area is 91.9 Å². The Balaban J connectivity index is 1.82. The molecule has 0 aromatic carbocycles. The minimum Gasteiger partial charge on any atom is -0.348 e. The molecule has 2 heterocycles. The largest absolute Gasteiger partial charge is 0.348 e. The van der Waals surface area contributed by atoms with Gasteiger partial charge in [-0.25, -0.2) is 4.98 Å². The summed E-state index contributed by atoms with van der Waals surface area (Å²) in [4.78, 5) is 10.1. The SMILES string of the molecule is CCC1CCN(Cc2c[nH]c(C)n2)CC1. The summed E-state index contributed by atoms with van der Waals surface area (Å²) in [6.07, 6.45) is 6.09. The fourth-order valence-electron chi connectivity index (χ4n) is 2.33. The molecular weight excluding hydrogens is 186 g/mol. The maximum Gasteiger partial charge on any atom is 0.103 e. The van der Waals surface area contributed by atoms with Crippen LogP contribution in [-0.4, -0.2) is 28.0 Å². The molecule has 0 saturated carbocycles. The quantitative estimate of drug-likeness (QED) is 0.825. The number of imidazole rings is 1. The van der Waals surface area contributed by atoms with Crippen molar-refractivity contribution in [3.63, 3.8) is 0 Å². The average Bonchev–Trinajstić information content (AvgIpc) is 2.65. The molecule has 3 nitrogen and oxygen atoms in total. The van der Waals surface area contributed by atoms with E-state index in [0.29, 0.717) is 0 Å². The van der Waals surface area contributed by atoms with Crippen LogP contribution < -0.4 is 0 Å². The molecular formula is C12H21N3. The van der Waals surface area contributed by atoms with Crippen molar-refractivity contribution in [2.75, 3.05) is 13.1 Å². The van der Waals surface area contributed by atoms with Gasteiger partial charge in [-0.1, -0.05) is 13.3 Å². The van der Waals surface area contributed by atoms with Crippen LogP contribution in [0.15, 0.2) is 6.20 Å². The van der Waals surface area contributed by atoms with E-state index in [1.54, 1.807) is 0 Å². The van der Waals surface area contributed by atoms with Crippen molar-refractivity contribution in [2.24, 2.45) is 5.92 Å². The molecule has 0 aliphatic carbocycles. The van der Waals surface area contributed by atoms with Crippen LogP contribution in [-0.2, 0) is 6.54 Å². The zero-order valence-electron chi connectivity index (χ0n) is 9.79. The standard InChI is InChI=1S/C12H21N3/c1-3-11-4-6-15(7-5-11)9-12-8-13-10(2)14-12/h8,11H,3-7,9H2,1-2H3,(H,13,14). The first-order chi connectivity index (χ1) is 7.28. The van der Waals surface area contributed by atoms with Gasteiger partial charge < -0.3 is 4.98 Å². The summed E-state index contributed by atoms with van der Waals surface area (Å²) in [5.74, 6) is 1.98. The molecule has 1 N–H and O–H groups in total. The minimum absolute atomic E-state index is 0.960. The van der Waals surface area contributed by atoms with E-state index >= 15 is 0 Å². The maximum absolute atomic E-state index is 4.45. The van der Waals surface area contributed by atoms with E-state index in [4.69, 9.17) is 0 Å². The van der Waals surface area contributed by atoms with Gasteiger partial charge in [0, 0.05) is 12.7 Å².